The number of methoxy groups -OCH3 is 1. The number of fused-ring (bicyclic) bond motifs is 1. The maximum atomic E-state index is 13.1. The standard InChI is InChI=1S/C25H25N3O2S/c1-30-21-12-13-22-23(16-21)27-25(26-22)31-18-24(29)28(17-20-10-6-3-7-11-20)15-14-19-8-4-2-5-9-19/h2-13,16H,14-15,17-18H2,1H3,(H,26,27). The molecule has 0 bridgehead atoms. The Labute approximate surface area is 186 Å². The van der Waals surface area contributed by atoms with Crippen molar-refractivity contribution in [3.05, 3.63) is 90.0 Å². The van der Waals surface area contributed by atoms with Gasteiger partial charge in [-0.25, -0.2) is 4.98 Å². The molecule has 4 rings (SSSR count). The molecule has 0 spiro atoms. The number of hydrogen-bond donors (Lipinski definition) is 1. The van der Waals surface area contributed by atoms with Crippen molar-refractivity contribution in [1.29, 1.82) is 0 Å². The summed E-state index contributed by atoms with van der Waals surface area (Å²) in [5.41, 5.74) is 4.12. The molecule has 3 aromatic carbocycles. The summed E-state index contributed by atoms with van der Waals surface area (Å²) in [6.45, 7) is 1.28. The van der Waals surface area contributed by atoms with Gasteiger partial charge in [-0.15, -0.1) is 0 Å². The van der Waals surface area contributed by atoms with Gasteiger partial charge in [0.2, 0.25) is 5.91 Å². The number of aromatic nitrogens is 2. The van der Waals surface area contributed by atoms with Gasteiger partial charge >= 0.3 is 0 Å². The van der Waals surface area contributed by atoms with Crippen LogP contribution in [0, 0.1) is 0 Å². The summed E-state index contributed by atoms with van der Waals surface area (Å²) in [6, 6.07) is 26.1. The molecule has 0 aliphatic heterocycles. The predicted octanol–water partition coefficient (Wildman–Crippen LogP) is 4.94. The predicted molar refractivity (Wildman–Crippen MR) is 125 cm³/mol. The van der Waals surface area contributed by atoms with Gasteiger partial charge in [0, 0.05) is 19.2 Å². The van der Waals surface area contributed by atoms with E-state index < -0.39 is 0 Å². The summed E-state index contributed by atoms with van der Waals surface area (Å²) in [5, 5.41) is 0.735. The molecule has 158 valence electrons. The van der Waals surface area contributed by atoms with Gasteiger partial charge in [0.25, 0.3) is 0 Å². The van der Waals surface area contributed by atoms with Crippen molar-refractivity contribution in [3.63, 3.8) is 0 Å². The van der Waals surface area contributed by atoms with E-state index in [0.717, 1.165) is 33.9 Å². The zero-order chi connectivity index (χ0) is 21.5. The van der Waals surface area contributed by atoms with Crippen LogP contribution < -0.4 is 4.74 Å². The number of hydrogen-bond acceptors (Lipinski definition) is 4. The quantitative estimate of drug-likeness (QED) is 0.382. The van der Waals surface area contributed by atoms with Gasteiger partial charge in [0.1, 0.15) is 5.75 Å². The fraction of sp³-hybridized carbons (Fsp3) is 0.200. The highest BCUT2D eigenvalue weighted by Gasteiger charge is 2.16. The number of nitrogens with zero attached hydrogens (tertiary/aromatic N) is 2. The van der Waals surface area contributed by atoms with Crippen LogP contribution in [0.2, 0.25) is 0 Å². The van der Waals surface area contributed by atoms with Crippen molar-refractivity contribution in [3.8, 4) is 5.75 Å². The van der Waals surface area contributed by atoms with Crippen LogP contribution in [0.5, 0.6) is 5.75 Å². The molecule has 5 nitrogen and oxygen atoms in total. The Morgan fingerprint density at radius 2 is 1.71 bits per heavy atom. The molecule has 0 atom stereocenters. The minimum atomic E-state index is 0.0998. The average Bonchev–Trinajstić information content (AvgIpc) is 3.23. The number of amides is 1. The maximum absolute atomic E-state index is 13.1. The lowest BCUT2D eigenvalue weighted by Crippen LogP contribution is -2.33. The molecular weight excluding hydrogens is 406 g/mol. The van der Waals surface area contributed by atoms with Crippen LogP contribution in [0.1, 0.15) is 11.1 Å². The summed E-state index contributed by atoms with van der Waals surface area (Å²) in [7, 11) is 1.64. The van der Waals surface area contributed by atoms with Crippen molar-refractivity contribution < 1.29 is 9.53 Å². The molecule has 0 saturated carbocycles. The third-order valence-electron chi connectivity index (χ3n) is 5.08. The van der Waals surface area contributed by atoms with Crippen molar-refractivity contribution in [2.45, 2.75) is 18.1 Å². The van der Waals surface area contributed by atoms with E-state index in [1.54, 1.807) is 7.11 Å². The molecule has 1 amide bonds. The van der Waals surface area contributed by atoms with Gasteiger partial charge in [0.15, 0.2) is 5.16 Å². The topological polar surface area (TPSA) is 58.2 Å². The Balaban J connectivity index is 1.43. The van der Waals surface area contributed by atoms with Crippen molar-refractivity contribution >= 4 is 28.7 Å². The van der Waals surface area contributed by atoms with E-state index in [-0.39, 0.29) is 5.91 Å². The zero-order valence-electron chi connectivity index (χ0n) is 17.5. The largest absolute Gasteiger partial charge is 0.497 e. The van der Waals surface area contributed by atoms with E-state index in [1.807, 2.05) is 59.5 Å². The van der Waals surface area contributed by atoms with Crippen LogP contribution in [-0.2, 0) is 17.8 Å². The first kappa shape index (κ1) is 21.0. The van der Waals surface area contributed by atoms with Crippen molar-refractivity contribution in [1.82, 2.24) is 14.9 Å². The summed E-state index contributed by atoms with van der Waals surface area (Å²) >= 11 is 1.43. The van der Waals surface area contributed by atoms with Crippen LogP contribution in [0.25, 0.3) is 11.0 Å². The van der Waals surface area contributed by atoms with Crippen LogP contribution in [0.15, 0.2) is 84.0 Å². The summed E-state index contributed by atoms with van der Waals surface area (Å²) in [5.74, 6) is 1.21. The fourth-order valence-corrected chi connectivity index (χ4v) is 4.17. The van der Waals surface area contributed by atoms with E-state index in [1.165, 1.54) is 17.3 Å². The van der Waals surface area contributed by atoms with Gasteiger partial charge < -0.3 is 14.6 Å². The molecular formula is C25H25N3O2S. The number of benzene rings is 3. The molecule has 31 heavy (non-hydrogen) atoms. The van der Waals surface area contributed by atoms with Crippen LogP contribution in [0.4, 0.5) is 0 Å². The minimum absolute atomic E-state index is 0.0998. The number of imidazole rings is 1. The van der Waals surface area contributed by atoms with Crippen LogP contribution >= 0.6 is 11.8 Å². The van der Waals surface area contributed by atoms with Crippen molar-refractivity contribution in [2.75, 3.05) is 19.4 Å². The Morgan fingerprint density at radius 3 is 2.42 bits per heavy atom. The molecule has 0 fully saturated rings. The smallest absolute Gasteiger partial charge is 0.233 e. The van der Waals surface area contributed by atoms with E-state index in [2.05, 4.69) is 34.2 Å². The van der Waals surface area contributed by atoms with E-state index in [9.17, 15) is 4.79 Å². The number of carbonyl (C=O) groups is 1. The first-order valence-corrected chi connectivity index (χ1v) is 11.2. The molecule has 1 N–H and O–H groups in total. The number of aromatic amines is 1. The number of rotatable bonds is 9. The normalized spacial score (nSPS) is 10.9. The SMILES string of the molecule is COc1ccc2nc(SCC(=O)N(CCc3ccccc3)Cc3ccccc3)[nH]c2c1. The summed E-state index contributed by atoms with van der Waals surface area (Å²) < 4.78 is 5.27. The van der Waals surface area contributed by atoms with Gasteiger partial charge in [-0.1, -0.05) is 72.4 Å². The molecule has 4 aromatic rings. The Kier molecular flexibility index (Phi) is 6.89. The monoisotopic (exact) mass is 431 g/mol. The van der Waals surface area contributed by atoms with Gasteiger partial charge in [-0.3, -0.25) is 4.79 Å². The number of ether oxygens (including phenoxy) is 1. The molecule has 0 saturated heterocycles. The second kappa shape index (κ2) is 10.2. The molecule has 6 heteroatoms. The lowest BCUT2D eigenvalue weighted by Gasteiger charge is -2.23. The summed E-state index contributed by atoms with van der Waals surface area (Å²) in [6.07, 6.45) is 0.828. The molecule has 1 aromatic heterocycles. The van der Waals surface area contributed by atoms with E-state index in [0.29, 0.717) is 18.8 Å². The highest BCUT2D eigenvalue weighted by molar-refractivity contribution is 7.99. The highest BCUT2D eigenvalue weighted by Crippen LogP contribution is 2.23. The molecule has 0 aliphatic carbocycles. The van der Waals surface area contributed by atoms with E-state index in [4.69, 9.17) is 4.74 Å². The Hall–Kier alpha value is -3.25. The lowest BCUT2D eigenvalue weighted by molar-refractivity contribution is -0.128. The first-order chi connectivity index (χ1) is 15.2. The molecule has 1 heterocycles. The maximum Gasteiger partial charge on any atom is 0.233 e. The number of H-pyrrole nitrogens is 1. The average molecular weight is 432 g/mol. The molecule has 0 radical (unpaired) electrons. The first-order valence-electron chi connectivity index (χ1n) is 10.2. The van der Waals surface area contributed by atoms with Crippen molar-refractivity contribution in [2.24, 2.45) is 0 Å². The van der Waals surface area contributed by atoms with E-state index >= 15 is 0 Å². The minimum Gasteiger partial charge on any atom is -0.497 e. The zero-order valence-corrected chi connectivity index (χ0v) is 18.3. The number of carbonyl (C=O) groups excluding carboxylic acids is 1. The number of thioether (sulfide) groups is 1. The summed E-state index contributed by atoms with van der Waals surface area (Å²) in [4.78, 5) is 22.9. The number of nitrogens with one attached hydrogen (secondary N) is 1. The third kappa shape index (κ3) is 5.67. The Bertz CT molecular complexity index is 1130. The third-order valence-corrected chi connectivity index (χ3v) is 5.94. The lowest BCUT2D eigenvalue weighted by atomic mass is 10.1. The highest BCUT2D eigenvalue weighted by atomic mass is 32.2. The van der Waals surface area contributed by atoms with Crippen LogP contribution in [-0.4, -0.2) is 40.2 Å². The van der Waals surface area contributed by atoms with Gasteiger partial charge in [-0.2, -0.15) is 0 Å². The molecule has 0 aliphatic rings. The Morgan fingerprint density at radius 1 is 1.00 bits per heavy atom. The molecule has 0 unspecified atom stereocenters. The van der Waals surface area contributed by atoms with Crippen LogP contribution in [0.3, 0.4) is 0 Å². The van der Waals surface area contributed by atoms with Gasteiger partial charge in [0.05, 0.1) is 23.9 Å². The fourth-order valence-electron chi connectivity index (χ4n) is 3.39. The van der Waals surface area contributed by atoms with Gasteiger partial charge in [-0.05, 0) is 29.7 Å². The second-order valence-electron chi connectivity index (χ2n) is 7.25. The second-order valence-corrected chi connectivity index (χ2v) is 8.21.